The molecule has 156 valence electrons. The van der Waals surface area contributed by atoms with Crippen molar-refractivity contribution in [2.24, 2.45) is 0 Å². The predicted octanol–water partition coefficient (Wildman–Crippen LogP) is 4.68. The van der Waals surface area contributed by atoms with Crippen LogP contribution in [0.2, 0.25) is 0 Å². The Balaban J connectivity index is 1.47. The smallest absolute Gasteiger partial charge is 0.234 e. The van der Waals surface area contributed by atoms with Gasteiger partial charge in [0.15, 0.2) is 4.34 Å². The van der Waals surface area contributed by atoms with E-state index >= 15 is 0 Å². The largest absolute Gasteiger partial charge is 0.497 e. The third kappa shape index (κ3) is 6.33. The lowest BCUT2D eigenvalue weighted by atomic mass is 10.1. The number of aryl methyl sites for hydroxylation is 2. The fourth-order valence-corrected chi connectivity index (χ4v) is 4.39. The number of anilines is 2. The highest BCUT2D eigenvalue weighted by Gasteiger charge is 2.11. The number of hydrogen-bond donors (Lipinski definition) is 2. The van der Waals surface area contributed by atoms with E-state index in [1.807, 2.05) is 37.4 Å². The maximum Gasteiger partial charge on any atom is 0.234 e. The zero-order valence-corrected chi connectivity index (χ0v) is 18.7. The van der Waals surface area contributed by atoms with E-state index in [1.165, 1.54) is 23.1 Å². The van der Waals surface area contributed by atoms with E-state index in [-0.39, 0.29) is 24.0 Å². The monoisotopic (exact) mass is 441 g/mol. The average molecular weight is 442 g/mol. The molecule has 3 rings (SSSR count). The van der Waals surface area contributed by atoms with Gasteiger partial charge in [-0.25, -0.2) is 4.98 Å². The Morgan fingerprint density at radius 3 is 2.53 bits per heavy atom. The molecule has 1 aromatic heterocycles. The topological polar surface area (TPSA) is 80.3 Å². The van der Waals surface area contributed by atoms with Crippen molar-refractivity contribution < 1.29 is 14.3 Å². The number of ether oxygens (including phenoxy) is 1. The summed E-state index contributed by atoms with van der Waals surface area (Å²) in [5, 5.41) is 7.62. The Labute approximate surface area is 184 Å². The molecule has 2 amide bonds. The summed E-state index contributed by atoms with van der Waals surface area (Å²) in [6, 6.07) is 13.1. The van der Waals surface area contributed by atoms with Crippen LogP contribution in [-0.2, 0) is 16.0 Å². The Morgan fingerprint density at radius 2 is 1.83 bits per heavy atom. The number of carbonyl (C=O) groups is 2. The molecule has 1 heterocycles. The molecule has 30 heavy (non-hydrogen) atoms. The van der Waals surface area contributed by atoms with Crippen LogP contribution < -0.4 is 15.4 Å². The molecular weight excluding hydrogens is 418 g/mol. The molecule has 2 N–H and O–H groups in total. The normalized spacial score (nSPS) is 10.5. The zero-order valence-electron chi connectivity index (χ0n) is 17.0. The summed E-state index contributed by atoms with van der Waals surface area (Å²) in [7, 11) is 1.60. The Bertz CT molecular complexity index is 1030. The minimum absolute atomic E-state index is 0.110. The summed E-state index contributed by atoms with van der Waals surface area (Å²) < 4.78 is 5.86. The lowest BCUT2D eigenvalue weighted by molar-refractivity contribution is -0.116. The van der Waals surface area contributed by atoms with Gasteiger partial charge >= 0.3 is 0 Å². The molecule has 0 spiro atoms. The van der Waals surface area contributed by atoms with Crippen LogP contribution in [0.15, 0.2) is 52.2 Å². The molecule has 0 aliphatic rings. The van der Waals surface area contributed by atoms with E-state index in [4.69, 9.17) is 4.74 Å². The number of benzene rings is 2. The lowest BCUT2D eigenvalue weighted by Gasteiger charge is -2.08. The lowest BCUT2D eigenvalue weighted by Crippen LogP contribution is -2.15. The number of amides is 2. The fourth-order valence-electron chi connectivity index (χ4n) is 2.75. The van der Waals surface area contributed by atoms with Gasteiger partial charge in [0.2, 0.25) is 11.8 Å². The van der Waals surface area contributed by atoms with Crippen LogP contribution in [0.3, 0.4) is 0 Å². The number of carbonyl (C=O) groups excluding carboxylic acids is 2. The zero-order chi connectivity index (χ0) is 21.5. The Kier molecular flexibility index (Phi) is 7.48. The van der Waals surface area contributed by atoms with Crippen LogP contribution in [0, 0.1) is 13.8 Å². The second kappa shape index (κ2) is 10.3. The van der Waals surface area contributed by atoms with Crippen molar-refractivity contribution in [3.8, 4) is 5.75 Å². The standard InChI is InChI=1S/C22H23N3O3S2/c1-14-4-9-19(15(2)10-14)25-20(26)11-17-12-29-22(24-17)30-13-21(27)23-16-5-7-18(28-3)8-6-16/h4-10,12H,11,13H2,1-3H3,(H,23,27)(H,25,26). The number of thiazole rings is 1. The number of hydrogen-bond acceptors (Lipinski definition) is 6. The summed E-state index contributed by atoms with van der Waals surface area (Å²) in [5.41, 5.74) is 4.40. The second-order valence-corrected chi connectivity index (χ2v) is 8.79. The van der Waals surface area contributed by atoms with Crippen LogP contribution in [0.5, 0.6) is 5.75 Å². The van der Waals surface area contributed by atoms with Gasteiger partial charge in [0.1, 0.15) is 5.75 Å². The van der Waals surface area contributed by atoms with E-state index in [9.17, 15) is 9.59 Å². The first-order chi connectivity index (χ1) is 14.4. The quantitative estimate of drug-likeness (QED) is 0.496. The molecule has 0 bridgehead atoms. The van der Waals surface area contributed by atoms with E-state index in [0.29, 0.717) is 11.4 Å². The van der Waals surface area contributed by atoms with Gasteiger partial charge in [0.25, 0.3) is 0 Å². The molecule has 0 aliphatic heterocycles. The van der Waals surface area contributed by atoms with E-state index < -0.39 is 0 Å². The second-order valence-electron chi connectivity index (χ2n) is 6.71. The summed E-state index contributed by atoms with van der Waals surface area (Å²) in [4.78, 5) is 28.9. The van der Waals surface area contributed by atoms with Gasteiger partial charge in [-0.15, -0.1) is 11.3 Å². The molecular formula is C22H23N3O3S2. The first kappa shape index (κ1) is 21.9. The van der Waals surface area contributed by atoms with Gasteiger partial charge in [0.05, 0.1) is 25.0 Å². The molecule has 0 fully saturated rings. The van der Waals surface area contributed by atoms with Gasteiger partial charge in [-0.1, -0.05) is 29.5 Å². The van der Waals surface area contributed by atoms with Gasteiger partial charge < -0.3 is 15.4 Å². The third-order valence-corrected chi connectivity index (χ3v) is 6.30. The molecule has 8 heteroatoms. The number of rotatable bonds is 8. The number of thioether (sulfide) groups is 1. The fraction of sp³-hybridized carbons (Fsp3) is 0.227. The maximum atomic E-state index is 12.3. The van der Waals surface area contributed by atoms with Crippen LogP contribution in [-0.4, -0.2) is 29.7 Å². The van der Waals surface area contributed by atoms with Crippen molar-refractivity contribution in [3.05, 3.63) is 64.7 Å². The van der Waals surface area contributed by atoms with Gasteiger partial charge in [-0.2, -0.15) is 0 Å². The first-order valence-electron chi connectivity index (χ1n) is 9.31. The predicted molar refractivity (Wildman–Crippen MR) is 123 cm³/mol. The molecule has 6 nitrogen and oxygen atoms in total. The molecule has 3 aromatic rings. The van der Waals surface area contributed by atoms with Crippen molar-refractivity contribution in [2.45, 2.75) is 24.6 Å². The van der Waals surface area contributed by atoms with E-state index in [0.717, 1.165) is 26.9 Å². The maximum absolute atomic E-state index is 12.3. The van der Waals surface area contributed by atoms with E-state index in [2.05, 4.69) is 15.6 Å². The van der Waals surface area contributed by atoms with Crippen LogP contribution in [0.25, 0.3) is 0 Å². The van der Waals surface area contributed by atoms with Crippen molar-refractivity contribution in [3.63, 3.8) is 0 Å². The molecule has 2 aromatic carbocycles. The van der Waals surface area contributed by atoms with Gasteiger partial charge in [-0.3, -0.25) is 9.59 Å². The average Bonchev–Trinajstić information content (AvgIpc) is 3.16. The summed E-state index contributed by atoms with van der Waals surface area (Å²) in [5.74, 6) is 0.753. The molecule has 0 aliphatic carbocycles. The number of nitrogens with one attached hydrogen (secondary N) is 2. The Hall–Kier alpha value is -2.84. The number of aromatic nitrogens is 1. The molecule has 0 radical (unpaired) electrons. The van der Waals surface area contributed by atoms with Crippen molar-refractivity contribution >= 4 is 46.3 Å². The van der Waals surface area contributed by atoms with Gasteiger partial charge in [-0.05, 0) is 49.7 Å². The highest BCUT2D eigenvalue weighted by Crippen LogP contribution is 2.24. The summed E-state index contributed by atoms with van der Waals surface area (Å²) >= 11 is 2.78. The highest BCUT2D eigenvalue weighted by molar-refractivity contribution is 8.01. The minimum atomic E-state index is -0.116. The summed E-state index contributed by atoms with van der Waals surface area (Å²) in [6.45, 7) is 3.99. The van der Waals surface area contributed by atoms with Crippen molar-refractivity contribution in [2.75, 3.05) is 23.5 Å². The molecule has 0 atom stereocenters. The third-order valence-electron chi connectivity index (χ3n) is 4.23. The highest BCUT2D eigenvalue weighted by atomic mass is 32.2. The van der Waals surface area contributed by atoms with Crippen molar-refractivity contribution in [1.29, 1.82) is 0 Å². The van der Waals surface area contributed by atoms with E-state index in [1.54, 1.807) is 31.4 Å². The molecule has 0 saturated heterocycles. The number of methoxy groups -OCH3 is 1. The molecule has 0 unspecified atom stereocenters. The van der Waals surface area contributed by atoms with Crippen LogP contribution >= 0.6 is 23.1 Å². The van der Waals surface area contributed by atoms with Gasteiger partial charge in [0, 0.05) is 16.8 Å². The Morgan fingerprint density at radius 1 is 1.07 bits per heavy atom. The minimum Gasteiger partial charge on any atom is -0.497 e. The summed E-state index contributed by atoms with van der Waals surface area (Å²) in [6.07, 6.45) is 0.197. The van der Waals surface area contributed by atoms with Crippen LogP contribution in [0.4, 0.5) is 11.4 Å². The first-order valence-corrected chi connectivity index (χ1v) is 11.2. The molecule has 0 saturated carbocycles. The number of nitrogens with zero attached hydrogens (tertiary/aromatic N) is 1. The SMILES string of the molecule is COc1ccc(NC(=O)CSc2nc(CC(=O)Nc3ccc(C)cc3C)cs2)cc1. The van der Waals surface area contributed by atoms with Crippen LogP contribution in [0.1, 0.15) is 16.8 Å². The van der Waals surface area contributed by atoms with Crippen molar-refractivity contribution in [1.82, 2.24) is 4.98 Å².